The summed E-state index contributed by atoms with van der Waals surface area (Å²) >= 11 is 0. The second-order valence-electron chi connectivity index (χ2n) is 4.76. The largest absolute Gasteiger partial charge is 0.454 e. The van der Waals surface area contributed by atoms with E-state index in [1.54, 1.807) is 0 Å². The standard InChI is InChI=1S/C12H11F3O3/c13-12(14,15)8-4-10-9(17-6-18-10)3-7(8)5-11(16)1-2-11/h3-4,16H,1-2,5-6H2. The van der Waals surface area contributed by atoms with Gasteiger partial charge in [-0.15, -0.1) is 0 Å². The summed E-state index contributed by atoms with van der Waals surface area (Å²) in [7, 11) is 0. The van der Waals surface area contributed by atoms with Crippen LogP contribution in [0.2, 0.25) is 0 Å². The summed E-state index contributed by atoms with van der Waals surface area (Å²) in [6.07, 6.45) is -3.38. The van der Waals surface area contributed by atoms with E-state index >= 15 is 0 Å². The fourth-order valence-corrected chi connectivity index (χ4v) is 2.07. The molecule has 1 aromatic carbocycles. The number of rotatable bonds is 2. The van der Waals surface area contributed by atoms with Crippen LogP contribution in [-0.4, -0.2) is 17.5 Å². The van der Waals surface area contributed by atoms with Gasteiger partial charge in [0.1, 0.15) is 0 Å². The number of fused-ring (bicyclic) bond motifs is 1. The van der Waals surface area contributed by atoms with Gasteiger partial charge in [-0.05, 0) is 30.5 Å². The minimum absolute atomic E-state index is 0.00150. The maximum atomic E-state index is 12.9. The molecule has 1 heterocycles. The summed E-state index contributed by atoms with van der Waals surface area (Å²) in [5.74, 6) is 0.413. The van der Waals surface area contributed by atoms with Crippen molar-refractivity contribution in [1.82, 2.24) is 0 Å². The van der Waals surface area contributed by atoms with Gasteiger partial charge in [0.2, 0.25) is 6.79 Å². The predicted molar refractivity (Wildman–Crippen MR) is 55.5 cm³/mol. The summed E-state index contributed by atoms with van der Waals surface area (Å²) in [6, 6.07) is 2.27. The fourth-order valence-electron chi connectivity index (χ4n) is 2.07. The molecule has 0 spiro atoms. The van der Waals surface area contributed by atoms with Gasteiger partial charge in [0, 0.05) is 6.42 Å². The van der Waals surface area contributed by atoms with Gasteiger partial charge < -0.3 is 14.6 Å². The SMILES string of the molecule is OC1(Cc2cc3c(cc2C(F)(F)F)OCO3)CC1. The number of aliphatic hydroxyl groups is 1. The van der Waals surface area contributed by atoms with Crippen molar-refractivity contribution in [3.63, 3.8) is 0 Å². The molecule has 0 atom stereocenters. The molecule has 1 aliphatic carbocycles. The Hall–Kier alpha value is -1.43. The van der Waals surface area contributed by atoms with Crippen molar-refractivity contribution in [3.05, 3.63) is 23.3 Å². The molecule has 1 fully saturated rings. The lowest BCUT2D eigenvalue weighted by Gasteiger charge is -2.16. The topological polar surface area (TPSA) is 38.7 Å². The zero-order valence-electron chi connectivity index (χ0n) is 9.38. The van der Waals surface area contributed by atoms with Crippen LogP contribution in [0, 0.1) is 0 Å². The van der Waals surface area contributed by atoms with Gasteiger partial charge in [-0.3, -0.25) is 0 Å². The zero-order valence-corrected chi connectivity index (χ0v) is 9.38. The normalized spacial score (nSPS) is 20.0. The van der Waals surface area contributed by atoms with E-state index in [9.17, 15) is 18.3 Å². The van der Waals surface area contributed by atoms with Gasteiger partial charge in [0.05, 0.1) is 11.2 Å². The molecule has 1 N–H and O–H groups in total. The number of hydrogen-bond donors (Lipinski definition) is 1. The molecule has 0 aromatic heterocycles. The quantitative estimate of drug-likeness (QED) is 0.888. The second kappa shape index (κ2) is 3.54. The molecule has 2 aliphatic rings. The van der Waals surface area contributed by atoms with E-state index in [4.69, 9.17) is 9.47 Å². The molecule has 6 heteroatoms. The molecule has 0 radical (unpaired) electrons. The third-order valence-electron chi connectivity index (χ3n) is 3.25. The summed E-state index contributed by atoms with van der Waals surface area (Å²) in [6.45, 7) is -0.0691. The van der Waals surface area contributed by atoms with Crippen molar-refractivity contribution in [2.24, 2.45) is 0 Å². The molecule has 0 amide bonds. The van der Waals surface area contributed by atoms with Crippen molar-refractivity contribution < 1.29 is 27.8 Å². The number of ether oxygens (including phenoxy) is 2. The van der Waals surface area contributed by atoms with E-state index in [0.29, 0.717) is 18.6 Å². The first-order valence-corrected chi connectivity index (χ1v) is 5.60. The number of halogens is 3. The average molecular weight is 260 g/mol. The molecule has 1 aromatic rings. The van der Waals surface area contributed by atoms with Crippen LogP contribution >= 0.6 is 0 Å². The Morgan fingerprint density at radius 2 is 1.78 bits per heavy atom. The minimum Gasteiger partial charge on any atom is -0.454 e. The molecule has 1 aliphatic heterocycles. The average Bonchev–Trinajstić information content (AvgIpc) is 2.82. The van der Waals surface area contributed by atoms with E-state index in [2.05, 4.69) is 0 Å². The third kappa shape index (κ3) is 2.01. The van der Waals surface area contributed by atoms with E-state index in [1.807, 2.05) is 0 Å². The van der Waals surface area contributed by atoms with Gasteiger partial charge in [-0.25, -0.2) is 0 Å². The predicted octanol–water partition coefficient (Wildman–Crippen LogP) is 2.50. The van der Waals surface area contributed by atoms with Gasteiger partial charge in [0.15, 0.2) is 11.5 Å². The molecule has 0 saturated heterocycles. The van der Waals surface area contributed by atoms with Crippen molar-refractivity contribution in [3.8, 4) is 11.5 Å². The first-order chi connectivity index (χ1) is 8.37. The number of alkyl halides is 3. The minimum atomic E-state index is -4.46. The molecular weight excluding hydrogens is 249 g/mol. The third-order valence-corrected chi connectivity index (χ3v) is 3.25. The van der Waals surface area contributed by atoms with Crippen LogP contribution < -0.4 is 9.47 Å². The smallest absolute Gasteiger partial charge is 0.416 e. The Labute approximate surface area is 101 Å². The van der Waals surface area contributed by atoms with Crippen LogP contribution in [0.1, 0.15) is 24.0 Å². The van der Waals surface area contributed by atoms with Gasteiger partial charge in [-0.2, -0.15) is 13.2 Å². The Morgan fingerprint density at radius 1 is 1.17 bits per heavy atom. The molecule has 3 nitrogen and oxygen atoms in total. The number of hydrogen-bond acceptors (Lipinski definition) is 3. The van der Waals surface area contributed by atoms with Crippen molar-refractivity contribution >= 4 is 0 Å². The Bertz CT molecular complexity index is 492. The maximum absolute atomic E-state index is 12.9. The van der Waals surface area contributed by atoms with Crippen molar-refractivity contribution in [2.45, 2.75) is 31.0 Å². The van der Waals surface area contributed by atoms with Crippen LogP contribution in [0.3, 0.4) is 0 Å². The Balaban J connectivity index is 2.04. The fraction of sp³-hybridized carbons (Fsp3) is 0.500. The van der Waals surface area contributed by atoms with E-state index in [1.165, 1.54) is 6.07 Å². The van der Waals surface area contributed by atoms with Crippen LogP contribution in [0.15, 0.2) is 12.1 Å². The molecule has 0 unspecified atom stereocenters. The first kappa shape index (κ1) is 11.6. The van der Waals surface area contributed by atoms with Crippen molar-refractivity contribution in [2.75, 3.05) is 6.79 Å². The monoisotopic (exact) mass is 260 g/mol. The van der Waals surface area contributed by atoms with Crippen LogP contribution in [0.5, 0.6) is 11.5 Å². The molecule has 18 heavy (non-hydrogen) atoms. The zero-order chi connectivity index (χ0) is 13.0. The van der Waals surface area contributed by atoms with Crippen molar-refractivity contribution in [1.29, 1.82) is 0 Å². The molecule has 98 valence electrons. The molecular formula is C12H11F3O3. The van der Waals surface area contributed by atoms with Gasteiger partial charge >= 0.3 is 6.18 Å². The van der Waals surface area contributed by atoms with Gasteiger partial charge in [-0.1, -0.05) is 0 Å². The molecule has 3 rings (SSSR count). The highest BCUT2D eigenvalue weighted by Gasteiger charge is 2.44. The highest BCUT2D eigenvalue weighted by atomic mass is 19.4. The highest BCUT2D eigenvalue weighted by molar-refractivity contribution is 5.50. The van der Waals surface area contributed by atoms with Crippen LogP contribution in [-0.2, 0) is 12.6 Å². The Morgan fingerprint density at radius 3 is 2.33 bits per heavy atom. The molecule has 1 saturated carbocycles. The van der Waals surface area contributed by atoms with Crippen LogP contribution in [0.25, 0.3) is 0 Å². The van der Waals surface area contributed by atoms with E-state index in [-0.39, 0.29) is 24.5 Å². The maximum Gasteiger partial charge on any atom is 0.416 e. The summed E-state index contributed by atoms with van der Waals surface area (Å²) in [5, 5.41) is 9.78. The lowest BCUT2D eigenvalue weighted by Crippen LogP contribution is -2.16. The van der Waals surface area contributed by atoms with Crippen LogP contribution in [0.4, 0.5) is 13.2 Å². The second-order valence-corrected chi connectivity index (χ2v) is 4.76. The number of benzene rings is 1. The summed E-state index contributed by atoms with van der Waals surface area (Å²) < 4.78 is 48.8. The Kier molecular flexibility index (Phi) is 2.29. The first-order valence-electron chi connectivity index (χ1n) is 5.60. The lowest BCUT2D eigenvalue weighted by molar-refractivity contribution is -0.138. The molecule has 0 bridgehead atoms. The van der Waals surface area contributed by atoms with Gasteiger partial charge in [0.25, 0.3) is 0 Å². The summed E-state index contributed by atoms with van der Waals surface area (Å²) in [4.78, 5) is 0. The summed E-state index contributed by atoms with van der Waals surface area (Å²) in [5.41, 5.74) is -1.67. The van der Waals surface area contributed by atoms with E-state index < -0.39 is 17.3 Å². The lowest BCUT2D eigenvalue weighted by atomic mass is 9.99. The highest BCUT2D eigenvalue weighted by Crippen LogP contribution is 2.45. The van der Waals surface area contributed by atoms with E-state index in [0.717, 1.165) is 6.07 Å².